The van der Waals surface area contributed by atoms with Crippen molar-refractivity contribution in [2.24, 2.45) is 0 Å². The number of hydrogen-bond acceptors (Lipinski definition) is 4. The lowest BCUT2D eigenvalue weighted by molar-refractivity contribution is -0.116. The molecular weight excluding hydrogens is 314 g/mol. The van der Waals surface area contributed by atoms with Gasteiger partial charge in [0, 0.05) is 23.8 Å². The molecule has 0 fully saturated rings. The lowest BCUT2D eigenvalue weighted by Crippen LogP contribution is -2.13. The molecule has 7 heteroatoms. The number of carbonyl (C=O) groups is 1. The van der Waals surface area contributed by atoms with Crippen LogP contribution in [0, 0.1) is 0 Å². The summed E-state index contributed by atoms with van der Waals surface area (Å²) in [6, 6.07) is 11.1. The average Bonchev–Trinajstić information content (AvgIpc) is 3.04. The van der Waals surface area contributed by atoms with Crippen molar-refractivity contribution in [3.8, 4) is 5.69 Å². The predicted molar refractivity (Wildman–Crippen MR) is 87.6 cm³/mol. The van der Waals surface area contributed by atoms with E-state index < -0.39 is 0 Å². The summed E-state index contributed by atoms with van der Waals surface area (Å²) >= 11 is 5.83. The smallest absolute Gasteiger partial charge is 0.249 e. The number of nitrogens with zero attached hydrogens (tertiary/aromatic N) is 4. The highest BCUT2D eigenvalue weighted by atomic mass is 35.5. The molecule has 0 bridgehead atoms. The molecule has 1 N–H and O–H groups in total. The van der Waals surface area contributed by atoms with Crippen molar-refractivity contribution in [1.82, 2.24) is 19.7 Å². The van der Waals surface area contributed by atoms with Gasteiger partial charge in [0.05, 0.1) is 5.69 Å². The molecule has 0 spiro atoms. The highest BCUT2D eigenvalue weighted by Crippen LogP contribution is 2.11. The van der Waals surface area contributed by atoms with Gasteiger partial charge >= 0.3 is 0 Å². The van der Waals surface area contributed by atoms with E-state index in [9.17, 15) is 4.79 Å². The summed E-state index contributed by atoms with van der Waals surface area (Å²) < 4.78 is 1.58. The van der Waals surface area contributed by atoms with E-state index in [4.69, 9.17) is 11.6 Å². The minimum absolute atomic E-state index is 0.132. The maximum Gasteiger partial charge on any atom is 0.249 e. The van der Waals surface area contributed by atoms with Crippen LogP contribution < -0.4 is 5.32 Å². The monoisotopic (exact) mass is 327 g/mol. The van der Waals surface area contributed by atoms with E-state index in [0.717, 1.165) is 11.3 Å². The van der Waals surface area contributed by atoms with Crippen molar-refractivity contribution in [3.63, 3.8) is 0 Å². The van der Waals surface area contributed by atoms with E-state index in [-0.39, 0.29) is 11.9 Å². The summed E-state index contributed by atoms with van der Waals surface area (Å²) in [5.41, 5.74) is 1.88. The lowest BCUT2D eigenvalue weighted by Gasteiger charge is -2.02. The Morgan fingerprint density at radius 2 is 1.87 bits per heavy atom. The van der Waals surface area contributed by atoms with Gasteiger partial charge in [0.1, 0.15) is 6.33 Å². The third kappa shape index (κ3) is 4.14. The summed E-state index contributed by atoms with van der Waals surface area (Å²) in [6.45, 7) is 0. The molecule has 0 atom stereocenters. The van der Waals surface area contributed by atoms with Gasteiger partial charge in [-0.25, -0.2) is 4.68 Å². The van der Waals surface area contributed by atoms with Gasteiger partial charge in [-0.1, -0.05) is 23.7 Å². The fraction of sp³-hybridized carbons (Fsp3) is 0.125. The molecule has 23 heavy (non-hydrogen) atoms. The fourth-order valence-corrected chi connectivity index (χ4v) is 2.16. The second kappa shape index (κ2) is 7.02. The third-order valence-electron chi connectivity index (χ3n) is 3.22. The Hall–Kier alpha value is -2.73. The van der Waals surface area contributed by atoms with Gasteiger partial charge in [-0.05, 0) is 36.2 Å². The second-order valence-electron chi connectivity index (χ2n) is 4.89. The van der Waals surface area contributed by atoms with Crippen LogP contribution in [-0.4, -0.2) is 25.7 Å². The first kappa shape index (κ1) is 15.2. The Morgan fingerprint density at radius 1 is 1.13 bits per heavy atom. The van der Waals surface area contributed by atoms with Crippen LogP contribution >= 0.6 is 11.6 Å². The molecular formula is C16H14ClN5O. The number of aryl methyl sites for hydroxylation is 1. The molecule has 2 heterocycles. The molecule has 116 valence electrons. The Kier molecular flexibility index (Phi) is 4.63. The number of carbonyl (C=O) groups excluding carboxylic acids is 1. The molecule has 0 saturated heterocycles. The highest BCUT2D eigenvalue weighted by molar-refractivity contribution is 6.30. The van der Waals surface area contributed by atoms with Gasteiger partial charge in [0.15, 0.2) is 0 Å². The highest BCUT2D eigenvalue weighted by Gasteiger charge is 2.07. The summed E-state index contributed by atoms with van der Waals surface area (Å²) in [5, 5.41) is 7.59. The lowest BCUT2D eigenvalue weighted by atomic mass is 10.1. The van der Waals surface area contributed by atoms with Crippen LogP contribution in [0.2, 0.25) is 5.02 Å². The number of halogens is 1. The molecule has 3 aromatic rings. The second-order valence-corrected chi connectivity index (χ2v) is 5.33. The Morgan fingerprint density at radius 3 is 2.61 bits per heavy atom. The molecule has 6 nitrogen and oxygen atoms in total. The summed E-state index contributed by atoms with van der Waals surface area (Å²) in [4.78, 5) is 20.0. The van der Waals surface area contributed by atoms with Crippen molar-refractivity contribution in [2.75, 3.05) is 5.32 Å². The SMILES string of the molecule is O=C(CCc1ccc(Cl)cc1)Nc1ncn(-c2ccncc2)n1. The summed E-state index contributed by atoms with van der Waals surface area (Å²) in [7, 11) is 0. The van der Waals surface area contributed by atoms with E-state index >= 15 is 0 Å². The number of pyridine rings is 1. The molecule has 0 radical (unpaired) electrons. The van der Waals surface area contributed by atoms with Crippen molar-refractivity contribution in [1.29, 1.82) is 0 Å². The van der Waals surface area contributed by atoms with Crippen LogP contribution in [0.1, 0.15) is 12.0 Å². The van der Waals surface area contributed by atoms with E-state index in [0.29, 0.717) is 17.9 Å². The summed E-state index contributed by atoms with van der Waals surface area (Å²) in [6.07, 6.45) is 5.87. The molecule has 3 rings (SSSR count). The molecule has 1 amide bonds. The average molecular weight is 328 g/mol. The van der Waals surface area contributed by atoms with Gasteiger partial charge in [-0.2, -0.15) is 4.98 Å². The zero-order valence-electron chi connectivity index (χ0n) is 12.2. The van der Waals surface area contributed by atoms with Crippen molar-refractivity contribution in [3.05, 3.63) is 65.7 Å². The number of amides is 1. The third-order valence-corrected chi connectivity index (χ3v) is 3.48. The molecule has 0 unspecified atom stereocenters. The van der Waals surface area contributed by atoms with Crippen molar-refractivity contribution >= 4 is 23.5 Å². The number of hydrogen-bond donors (Lipinski definition) is 1. The van der Waals surface area contributed by atoms with E-state index in [1.54, 1.807) is 35.5 Å². The zero-order chi connectivity index (χ0) is 16.1. The van der Waals surface area contributed by atoms with E-state index in [1.807, 2.05) is 24.3 Å². The molecule has 0 aliphatic heterocycles. The van der Waals surface area contributed by atoms with Crippen LogP contribution in [0.15, 0.2) is 55.1 Å². The van der Waals surface area contributed by atoms with Crippen molar-refractivity contribution < 1.29 is 4.79 Å². The zero-order valence-corrected chi connectivity index (χ0v) is 12.9. The van der Waals surface area contributed by atoms with Crippen molar-refractivity contribution in [2.45, 2.75) is 12.8 Å². The van der Waals surface area contributed by atoms with E-state index in [2.05, 4.69) is 20.4 Å². The Labute approximate surface area is 138 Å². The first-order valence-corrected chi connectivity index (χ1v) is 7.45. The van der Waals surface area contributed by atoms with Crippen LogP contribution in [0.4, 0.5) is 5.95 Å². The predicted octanol–water partition coefficient (Wildman–Crippen LogP) is 2.89. The van der Waals surface area contributed by atoms with Gasteiger partial charge < -0.3 is 0 Å². The largest absolute Gasteiger partial charge is 0.293 e. The fourth-order valence-electron chi connectivity index (χ4n) is 2.04. The molecule has 2 aromatic heterocycles. The minimum Gasteiger partial charge on any atom is -0.293 e. The standard InChI is InChI=1S/C16H14ClN5O/c17-13-4-1-12(2-5-13)3-6-15(23)20-16-19-11-22(21-16)14-7-9-18-10-8-14/h1-2,4-5,7-11H,3,6H2,(H,20,21,23). The minimum atomic E-state index is -0.132. The van der Waals surface area contributed by atoms with Crippen LogP contribution in [-0.2, 0) is 11.2 Å². The Bertz CT molecular complexity index is 786. The van der Waals surface area contributed by atoms with Gasteiger partial charge in [-0.3, -0.25) is 15.1 Å². The quantitative estimate of drug-likeness (QED) is 0.782. The van der Waals surface area contributed by atoms with Crippen LogP contribution in [0.25, 0.3) is 5.69 Å². The first-order chi connectivity index (χ1) is 11.2. The molecule has 0 aliphatic rings. The molecule has 1 aromatic carbocycles. The maximum atomic E-state index is 12.0. The normalized spacial score (nSPS) is 10.5. The first-order valence-electron chi connectivity index (χ1n) is 7.07. The Balaban J connectivity index is 1.56. The number of anilines is 1. The number of benzene rings is 1. The van der Waals surface area contributed by atoms with Crippen LogP contribution in [0.3, 0.4) is 0 Å². The number of nitrogens with one attached hydrogen (secondary N) is 1. The van der Waals surface area contributed by atoms with Gasteiger partial charge in [0.2, 0.25) is 11.9 Å². The van der Waals surface area contributed by atoms with Crippen LogP contribution in [0.5, 0.6) is 0 Å². The van der Waals surface area contributed by atoms with E-state index in [1.165, 1.54) is 0 Å². The summed E-state index contributed by atoms with van der Waals surface area (Å²) in [5.74, 6) is 0.148. The number of rotatable bonds is 5. The molecule has 0 aliphatic carbocycles. The molecule has 0 saturated carbocycles. The van der Waals surface area contributed by atoms with Gasteiger partial charge in [0.25, 0.3) is 0 Å². The maximum absolute atomic E-state index is 12.0. The van der Waals surface area contributed by atoms with Gasteiger partial charge in [-0.15, -0.1) is 5.10 Å². The number of aromatic nitrogens is 4. The topological polar surface area (TPSA) is 72.7 Å².